The van der Waals surface area contributed by atoms with Crippen LogP contribution in [0.1, 0.15) is 11.1 Å². The van der Waals surface area contributed by atoms with Crippen molar-refractivity contribution >= 4 is 10.9 Å². The first-order valence-corrected chi connectivity index (χ1v) is 9.25. The van der Waals surface area contributed by atoms with Crippen molar-refractivity contribution in [2.45, 2.75) is 13.5 Å². The first-order valence-electron chi connectivity index (χ1n) is 9.25. The Labute approximate surface area is 162 Å². The summed E-state index contributed by atoms with van der Waals surface area (Å²) in [5.74, 6) is -0.257. The van der Waals surface area contributed by atoms with E-state index in [9.17, 15) is 4.39 Å². The van der Waals surface area contributed by atoms with Crippen LogP contribution >= 0.6 is 0 Å². The van der Waals surface area contributed by atoms with E-state index in [4.69, 9.17) is 0 Å². The van der Waals surface area contributed by atoms with E-state index in [1.54, 1.807) is 12.1 Å². The van der Waals surface area contributed by atoms with E-state index in [1.807, 2.05) is 6.07 Å². The molecule has 136 valence electrons. The maximum atomic E-state index is 13.4. The van der Waals surface area contributed by atoms with Gasteiger partial charge in [0.05, 0.1) is 5.52 Å². The van der Waals surface area contributed by atoms with Gasteiger partial charge in [-0.3, -0.25) is 0 Å². The minimum absolute atomic E-state index is 0.257. The number of hydrogen-bond donors (Lipinski definition) is 0. The number of aryl methyl sites for hydroxylation is 1. The van der Waals surface area contributed by atoms with Gasteiger partial charge in [-0.1, -0.05) is 42.0 Å². The minimum atomic E-state index is -0.257. The van der Waals surface area contributed by atoms with E-state index in [1.165, 1.54) is 23.3 Å². The highest BCUT2D eigenvalue weighted by Gasteiger charge is 2.20. The predicted octanol–water partition coefficient (Wildman–Crippen LogP) is 5.70. The molecule has 0 spiro atoms. The molecular formula is C24H18FN3. The molecule has 3 aromatic rings. The maximum absolute atomic E-state index is 13.4. The smallest absolute Gasteiger partial charge is 0.123 e. The van der Waals surface area contributed by atoms with Crippen LogP contribution in [0.5, 0.6) is 0 Å². The molecule has 0 saturated heterocycles. The van der Waals surface area contributed by atoms with Crippen molar-refractivity contribution in [3.8, 4) is 22.5 Å². The molecule has 3 aromatic carbocycles. The fourth-order valence-corrected chi connectivity index (χ4v) is 3.69. The molecule has 0 radical (unpaired) electrons. The van der Waals surface area contributed by atoms with Crippen molar-refractivity contribution in [1.29, 1.82) is 0 Å². The van der Waals surface area contributed by atoms with Gasteiger partial charge in [-0.25, -0.2) is 4.39 Å². The van der Waals surface area contributed by atoms with Gasteiger partial charge in [-0.2, -0.15) is 0 Å². The normalized spacial score (nSPS) is 11.4. The molecule has 4 heteroatoms. The first-order chi connectivity index (χ1) is 13.7. The van der Waals surface area contributed by atoms with Gasteiger partial charge >= 0.3 is 0 Å². The number of pyridine rings is 1. The number of nitrogens with zero attached hydrogens (tertiary/aromatic N) is 3. The van der Waals surface area contributed by atoms with Crippen molar-refractivity contribution in [3.63, 3.8) is 0 Å². The maximum Gasteiger partial charge on any atom is 0.123 e. The van der Waals surface area contributed by atoms with Crippen LogP contribution in [0, 0.1) is 12.7 Å². The number of halogens is 1. The zero-order valence-corrected chi connectivity index (χ0v) is 15.4. The Morgan fingerprint density at radius 1 is 0.857 bits per heavy atom. The van der Waals surface area contributed by atoms with Crippen molar-refractivity contribution in [2.24, 2.45) is 0 Å². The molecule has 2 aliphatic heterocycles. The summed E-state index contributed by atoms with van der Waals surface area (Å²) in [5, 5.41) is 9.99. The van der Waals surface area contributed by atoms with Crippen LogP contribution < -0.4 is 0 Å². The van der Waals surface area contributed by atoms with E-state index in [0.29, 0.717) is 0 Å². The molecule has 0 bridgehead atoms. The summed E-state index contributed by atoms with van der Waals surface area (Å²) in [7, 11) is 0. The zero-order valence-electron chi connectivity index (χ0n) is 15.4. The first kappa shape index (κ1) is 16.6. The summed E-state index contributed by atoms with van der Waals surface area (Å²) in [4.78, 5) is 0. The molecule has 2 aliphatic rings. The molecule has 0 saturated carbocycles. The fraction of sp³-hybridized carbons (Fsp3) is 0.0833. The lowest BCUT2D eigenvalue weighted by atomic mass is 10.0. The summed E-state index contributed by atoms with van der Waals surface area (Å²) in [6.45, 7) is 2.83. The second-order valence-electron chi connectivity index (χ2n) is 7.08. The number of aromatic nitrogens is 3. The standard InChI is InChI=1S/C24H18FN3/c1-16-7-12-22-20(13-16)24-21(15-28(22)14-17-5-3-2-4-6-17)23(26-27-24)18-8-10-19(25)11-9-18/h2-13,15H,14H2,1H3. The third-order valence-corrected chi connectivity index (χ3v) is 5.08. The van der Waals surface area contributed by atoms with Gasteiger partial charge in [0, 0.05) is 29.3 Å². The van der Waals surface area contributed by atoms with E-state index in [2.05, 4.69) is 70.3 Å². The number of fused-ring (bicyclic) bond motifs is 3. The second-order valence-corrected chi connectivity index (χ2v) is 7.08. The summed E-state index contributed by atoms with van der Waals surface area (Å²) in [6, 6.07) is 23.2. The molecule has 0 aromatic heterocycles. The Morgan fingerprint density at radius 3 is 2.39 bits per heavy atom. The van der Waals surface area contributed by atoms with Gasteiger partial charge in [0.1, 0.15) is 17.2 Å². The van der Waals surface area contributed by atoms with Crippen LogP contribution in [0.2, 0.25) is 0 Å². The molecule has 0 amide bonds. The lowest BCUT2D eigenvalue weighted by Crippen LogP contribution is -2.04. The molecule has 0 N–H and O–H groups in total. The monoisotopic (exact) mass is 367 g/mol. The Kier molecular flexibility index (Phi) is 3.90. The lowest BCUT2D eigenvalue weighted by molar-refractivity contribution is 0.628. The van der Waals surface area contributed by atoms with Crippen molar-refractivity contribution < 1.29 is 4.39 Å². The van der Waals surface area contributed by atoms with E-state index >= 15 is 0 Å². The van der Waals surface area contributed by atoms with Crippen molar-refractivity contribution in [1.82, 2.24) is 14.8 Å². The Bertz CT molecular complexity index is 1240. The average molecular weight is 367 g/mol. The van der Waals surface area contributed by atoms with Gasteiger partial charge in [0.25, 0.3) is 0 Å². The minimum Gasteiger partial charge on any atom is -0.342 e. The molecule has 0 unspecified atom stereocenters. The number of rotatable bonds is 3. The van der Waals surface area contributed by atoms with Crippen LogP contribution in [0.3, 0.4) is 0 Å². The van der Waals surface area contributed by atoms with Crippen LogP contribution in [0.4, 0.5) is 4.39 Å². The molecule has 0 aliphatic carbocycles. The molecule has 28 heavy (non-hydrogen) atoms. The zero-order chi connectivity index (χ0) is 19.1. The van der Waals surface area contributed by atoms with E-state index in [-0.39, 0.29) is 5.82 Å². The van der Waals surface area contributed by atoms with Gasteiger partial charge in [-0.15, -0.1) is 10.2 Å². The molecule has 0 fully saturated rings. The lowest BCUT2D eigenvalue weighted by Gasteiger charge is -2.15. The van der Waals surface area contributed by atoms with Gasteiger partial charge in [0.15, 0.2) is 0 Å². The Balaban J connectivity index is 1.75. The average Bonchev–Trinajstić information content (AvgIpc) is 3.13. The van der Waals surface area contributed by atoms with Crippen LogP contribution in [-0.4, -0.2) is 14.8 Å². The van der Waals surface area contributed by atoms with Crippen LogP contribution in [-0.2, 0) is 6.54 Å². The highest BCUT2D eigenvalue weighted by molar-refractivity contribution is 5.98. The molecular weight excluding hydrogens is 349 g/mol. The third-order valence-electron chi connectivity index (χ3n) is 5.08. The Morgan fingerprint density at radius 2 is 1.61 bits per heavy atom. The third kappa shape index (κ3) is 2.83. The number of hydrogen-bond acceptors (Lipinski definition) is 2. The summed E-state index contributed by atoms with van der Waals surface area (Å²) in [5.41, 5.74) is 7.01. The summed E-state index contributed by atoms with van der Waals surface area (Å²) >= 11 is 0. The largest absolute Gasteiger partial charge is 0.342 e. The van der Waals surface area contributed by atoms with Gasteiger partial charge in [-0.05, 0) is 48.9 Å². The summed E-state index contributed by atoms with van der Waals surface area (Å²) < 4.78 is 15.6. The van der Waals surface area contributed by atoms with E-state index in [0.717, 1.165) is 40.0 Å². The predicted molar refractivity (Wildman–Crippen MR) is 110 cm³/mol. The second kappa shape index (κ2) is 6.57. The topological polar surface area (TPSA) is 30.7 Å². The highest BCUT2D eigenvalue weighted by Crippen LogP contribution is 2.37. The molecule has 0 atom stereocenters. The highest BCUT2D eigenvalue weighted by atomic mass is 19.1. The van der Waals surface area contributed by atoms with Crippen molar-refractivity contribution in [3.05, 3.63) is 95.9 Å². The molecule has 5 rings (SSSR count). The van der Waals surface area contributed by atoms with E-state index < -0.39 is 0 Å². The van der Waals surface area contributed by atoms with Gasteiger partial charge < -0.3 is 4.57 Å². The quantitative estimate of drug-likeness (QED) is 0.410. The SMILES string of the molecule is Cc1ccc2c(c1)c1nnc(-c3ccc(F)cc3)c-1cn2Cc1ccccc1. The molecule has 3 nitrogen and oxygen atoms in total. The number of benzene rings is 3. The summed E-state index contributed by atoms with van der Waals surface area (Å²) in [6.07, 6.45) is 2.11. The molecule has 2 heterocycles. The van der Waals surface area contributed by atoms with Crippen LogP contribution in [0.15, 0.2) is 79.0 Å². The van der Waals surface area contributed by atoms with Crippen LogP contribution in [0.25, 0.3) is 33.4 Å². The Hall–Kier alpha value is -3.53. The fourth-order valence-electron chi connectivity index (χ4n) is 3.69. The van der Waals surface area contributed by atoms with Crippen molar-refractivity contribution in [2.75, 3.05) is 0 Å². The van der Waals surface area contributed by atoms with Gasteiger partial charge in [0.2, 0.25) is 0 Å².